The van der Waals surface area contributed by atoms with E-state index in [1.54, 1.807) is 11.9 Å². The van der Waals surface area contributed by atoms with Gasteiger partial charge in [-0.1, -0.05) is 6.42 Å². The minimum atomic E-state index is -0.325. The SMILES string of the molecule is CN(CCCC1CCCCNC1)C(N)=O. The molecule has 1 rings (SSSR count). The smallest absolute Gasteiger partial charge is 0.314 e. The third kappa shape index (κ3) is 5.02. The fourth-order valence-electron chi connectivity index (χ4n) is 2.06. The van der Waals surface area contributed by atoms with E-state index in [0.29, 0.717) is 0 Å². The largest absolute Gasteiger partial charge is 0.351 e. The predicted molar refractivity (Wildman–Crippen MR) is 61.7 cm³/mol. The van der Waals surface area contributed by atoms with Gasteiger partial charge in [0.1, 0.15) is 0 Å². The average Bonchev–Trinajstić information content (AvgIpc) is 2.46. The molecule has 1 aliphatic rings. The number of nitrogens with zero attached hydrogens (tertiary/aromatic N) is 1. The number of rotatable bonds is 4. The van der Waals surface area contributed by atoms with Gasteiger partial charge in [0.05, 0.1) is 0 Å². The first-order chi connectivity index (χ1) is 7.20. The van der Waals surface area contributed by atoms with Crippen molar-refractivity contribution in [2.45, 2.75) is 32.1 Å². The second-order valence-electron chi connectivity index (χ2n) is 4.47. The highest BCUT2D eigenvalue weighted by molar-refractivity contribution is 5.71. The fraction of sp³-hybridized carbons (Fsp3) is 0.909. The van der Waals surface area contributed by atoms with Crippen LogP contribution in [0.2, 0.25) is 0 Å². The maximum atomic E-state index is 10.8. The number of amides is 2. The van der Waals surface area contributed by atoms with E-state index in [-0.39, 0.29) is 6.03 Å². The lowest BCUT2D eigenvalue weighted by Gasteiger charge is -2.17. The van der Waals surface area contributed by atoms with E-state index in [9.17, 15) is 4.79 Å². The Kier molecular flexibility index (Phi) is 5.47. The molecule has 1 heterocycles. The summed E-state index contributed by atoms with van der Waals surface area (Å²) < 4.78 is 0. The first kappa shape index (κ1) is 12.3. The normalized spacial score (nSPS) is 22.1. The second kappa shape index (κ2) is 6.67. The Morgan fingerprint density at radius 3 is 3.07 bits per heavy atom. The summed E-state index contributed by atoms with van der Waals surface area (Å²) >= 11 is 0. The van der Waals surface area contributed by atoms with Gasteiger partial charge in [0.25, 0.3) is 0 Å². The zero-order valence-electron chi connectivity index (χ0n) is 9.67. The molecule has 2 amide bonds. The standard InChI is InChI=1S/C11H23N3O/c1-14(11(12)15)8-4-6-10-5-2-3-7-13-9-10/h10,13H,2-9H2,1H3,(H2,12,15). The number of hydrogen-bond acceptors (Lipinski definition) is 2. The Morgan fingerprint density at radius 1 is 1.53 bits per heavy atom. The number of primary amides is 1. The molecule has 4 nitrogen and oxygen atoms in total. The van der Waals surface area contributed by atoms with Crippen molar-refractivity contribution >= 4 is 6.03 Å². The fourth-order valence-corrected chi connectivity index (χ4v) is 2.06. The molecule has 4 heteroatoms. The van der Waals surface area contributed by atoms with Crippen LogP contribution in [0.25, 0.3) is 0 Å². The van der Waals surface area contributed by atoms with Gasteiger partial charge in [-0.15, -0.1) is 0 Å². The van der Waals surface area contributed by atoms with Crippen molar-refractivity contribution in [3.63, 3.8) is 0 Å². The first-order valence-electron chi connectivity index (χ1n) is 5.91. The van der Waals surface area contributed by atoms with Gasteiger partial charge >= 0.3 is 6.03 Å². The summed E-state index contributed by atoms with van der Waals surface area (Å²) in [6.45, 7) is 3.09. The summed E-state index contributed by atoms with van der Waals surface area (Å²) in [5.41, 5.74) is 5.15. The second-order valence-corrected chi connectivity index (χ2v) is 4.47. The molecule has 0 aromatic heterocycles. The molecule has 0 aliphatic carbocycles. The molecule has 1 fully saturated rings. The Morgan fingerprint density at radius 2 is 2.33 bits per heavy atom. The zero-order valence-corrected chi connectivity index (χ0v) is 9.67. The lowest BCUT2D eigenvalue weighted by Crippen LogP contribution is -2.33. The molecule has 88 valence electrons. The van der Waals surface area contributed by atoms with Crippen LogP contribution in [0, 0.1) is 5.92 Å². The Hall–Kier alpha value is -0.770. The summed E-state index contributed by atoms with van der Waals surface area (Å²) in [6, 6.07) is -0.325. The Labute approximate surface area is 92.2 Å². The van der Waals surface area contributed by atoms with Crippen LogP contribution in [0.15, 0.2) is 0 Å². The minimum absolute atomic E-state index is 0.325. The van der Waals surface area contributed by atoms with E-state index in [2.05, 4.69) is 5.32 Å². The number of urea groups is 1. The molecule has 0 saturated carbocycles. The third-order valence-electron chi connectivity index (χ3n) is 3.13. The molecular formula is C11H23N3O. The molecule has 0 bridgehead atoms. The van der Waals surface area contributed by atoms with Crippen molar-refractivity contribution in [3.8, 4) is 0 Å². The van der Waals surface area contributed by atoms with Gasteiger partial charge in [0, 0.05) is 13.6 Å². The van der Waals surface area contributed by atoms with Crippen molar-refractivity contribution < 1.29 is 4.79 Å². The number of nitrogens with one attached hydrogen (secondary N) is 1. The summed E-state index contributed by atoms with van der Waals surface area (Å²) in [5.74, 6) is 0.786. The van der Waals surface area contributed by atoms with E-state index < -0.39 is 0 Å². The van der Waals surface area contributed by atoms with E-state index in [1.165, 1.54) is 25.7 Å². The molecular weight excluding hydrogens is 190 g/mol. The maximum absolute atomic E-state index is 10.8. The van der Waals surface area contributed by atoms with Gasteiger partial charge in [0.2, 0.25) is 0 Å². The van der Waals surface area contributed by atoms with Gasteiger partial charge < -0.3 is 16.0 Å². The Bertz CT molecular complexity index is 188. The average molecular weight is 213 g/mol. The van der Waals surface area contributed by atoms with Crippen LogP contribution in [0.4, 0.5) is 4.79 Å². The van der Waals surface area contributed by atoms with E-state index in [4.69, 9.17) is 5.73 Å². The maximum Gasteiger partial charge on any atom is 0.314 e. The molecule has 0 radical (unpaired) electrons. The predicted octanol–water partition coefficient (Wildman–Crippen LogP) is 1.17. The molecule has 0 spiro atoms. The van der Waals surface area contributed by atoms with E-state index in [1.807, 2.05) is 0 Å². The summed E-state index contributed by atoms with van der Waals surface area (Å²) in [7, 11) is 1.76. The highest BCUT2D eigenvalue weighted by atomic mass is 16.2. The minimum Gasteiger partial charge on any atom is -0.351 e. The number of hydrogen-bond donors (Lipinski definition) is 2. The molecule has 3 N–H and O–H groups in total. The number of nitrogens with two attached hydrogens (primary N) is 1. The summed E-state index contributed by atoms with van der Waals surface area (Å²) in [5, 5.41) is 3.45. The molecule has 15 heavy (non-hydrogen) atoms. The monoisotopic (exact) mass is 213 g/mol. The van der Waals surface area contributed by atoms with Crippen LogP contribution in [-0.4, -0.2) is 37.6 Å². The molecule has 1 aliphatic heterocycles. The van der Waals surface area contributed by atoms with Gasteiger partial charge in [-0.3, -0.25) is 0 Å². The van der Waals surface area contributed by atoms with Gasteiger partial charge in [0.15, 0.2) is 0 Å². The van der Waals surface area contributed by atoms with Crippen LogP contribution in [0.3, 0.4) is 0 Å². The van der Waals surface area contributed by atoms with Crippen LogP contribution in [0.5, 0.6) is 0 Å². The van der Waals surface area contributed by atoms with Crippen LogP contribution < -0.4 is 11.1 Å². The topological polar surface area (TPSA) is 58.4 Å². The van der Waals surface area contributed by atoms with Crippen molar-refractivity contribution in [2.24, 2.45) is 11.7 Å². The molecule has 1 atom stereocenters. The highest BCUT2D eigenvalue weighted by Gasteiger charge is 2.12. The highest BCUT2D eigenvalue weighted by Crippen LogP contribution is 2.16. The molecule has 1 saturated heterocycles. The van der Waals surface area contributed by atoms with Gasteiger partial charge in [-0.05, 0) is 44.7 Å². The summed E-state index contributed by atoms with van der Waals surface area (Å²) in [6.07, 6.45) is 6.23. The van der Waals surface area contributed by atoms with Crippen LogP contribution >= 0.6 is 0 Å². The van der Waals surface area contributed by atoms with Crippen molar-refractivity contribution in [3.05, 3.63) is 0 Å². The van der Waals surface area contributed by atoms with Crippen LogP contribution in [0.1, 0.15) is 32.1 Å². The van der Waals surface area contributed by atoms with Crippen molar-refractivity contribution in [2.75, 3.05) is 26.7 Å². The zero-order chi connectivity index (χ0) is 11.1. The number of carbonyl (C=O) groups is 1. The first-order valence-corrected chi connectivity index (χ1v) is 5.91. The third-order valence-corrected chi connectivity index (χ3v) is 3.13. The van der Waals surface area contributed by atoms with Crippen molar-refractivity contribution in [1.82, 2.24) is 10.2 Å². The van der Waals surface area contributed by atoms with Gasteiger partial charge in [-0.2, -0.15) is 0 Å². The summed E-state index contributed by atoms with van der Waals surface area (Å²) in [4.78, 5) is 12.4. The quantitative estimate of drug-likeness (QED) is 0.736. The van der Waals surface area contributed by atoms with Gasteiger partial charge in [-0.25, -0.2) is 4.79 Å². The molecule has 0 aromatic rings. The lowest BCUT2D eigenvalue weighted by molar-refractivity contribution is 0.216. The molecule has 1 unspecified atom stereocenters. The van der Waals surface area contributed by atoms with E-state index in [0.717, 1.165) is 32.0 Å². The number of carbonyl (C=O) groups excluding carboxylic acids is 1. The van der Waals surface area contributed by atoms with Crippen LogP contribution in [-0.2, 0) is 0 Å². The molecule has 0 aromatic carbocycles. The Balaban J connectivity index is 2.10. The van der Waals surface area contributed by atoms with Crippen molar-refractivity contribution in [1.29, 1.82) is 0 Å². The lowest BCUT2D eigenvalue weighted by atomic mass is 9.98. The van der Waals surface area contributed by atoms with E-state index >= 15 is 0 Å².